The fourth-order valence-corrected chi connectivity index (χ4v) is 2.23. The maximum atomic E-state index is 9.11. The summed E-state index contributed by atoms with van der Waals surface area (Å²) >= 11 is 0. The molecule has 1 aliphatic rings. The zero-order valence-electron chi connectivity index (χ0n) is 10.4. The van der Waals surface area contributed by atoms with Crippen LogP contribution in [0.25, 0.3) is 0 Å². The van der Waals surface area contributed by atoms with Crippen molar-refractivity contribution in [3.63, 3.8) is 0 Å². The summed E-state index contributed by atoms with van der Waals surface area (Å²) in [5.41, 5.74) is 1.18. The summed E-state index contributed by atoms with van der Waals surface area (Å²) < 4.78 is 7.41. The van der Waals surface area contributed by atoms with Gasteiger partial charge < -0.3 is 14.4 Å². The van der Waals surface area contributed by atoms with Gasteiger partial charge in [0.15, 0.2) is 0 Å². The summed E-state index contributed by atoms with van der Waals surface area (Å²) in [6, 6.07) is 0. The van der Waals surface area contributed by atoms with Gasteiger partial charge in [-0.1, -0.05) is 0 Å². The van der Waals surface area contributed by atoms with E-state index in [4.69, 9.17) is 9.84 Å². The predicted octanol–water partition coefficient (Wildman–Crippen LogP) is 0.251. The van der Waals surface area contributed by atoms with Gasteiger partial charge in [-0.3, -0.25) is 4.90 Å². The van der Waals surface area contributed by atoms with E-state index in [2.05, 4.69) is 9.88 Å². The van der Waals surface area contributed by atoms with Crippen molar-refractivity contribution in [2.75, 3.05) is 32.9 Å². The van der Waals surface area contributed by atoms with Crippen molar-refractivity contribution in [1.82, 2.24) is 14.5 Å². The molecule has 1 fully saturated rings. The molecule has 0 aromatic carbocycles. The van der Waals surface area contributed by atoms with E-state index in [-0.39, 0.29) is 6.61 Å². The lowest BCUT2D eigenvalue weighted by Gasteiger charge is -2.24. The second-order valence-electron chi connectivity index (χ2n) is 4.68. The third-order valence-electron chi connectivity index (χ3n) is 3.26. The van der Waals surface area contributed by atoms with Crippen molar-refractivity contribution >= 4 is 0 Å². The van der Waals surface area contributed by atoms with Gasteiger partial charge in [0, 0.05) is 39.5 Å². The van der Waals surface area contributed by atoms with E-state index >= 15 is 0 Å². The molecule has 0 amide bonds. The van der Waals surface area contributed by atoms with Crippen LogP contribution >= 0.6 is 0 Å². The van der Waals surface area contributed by atoms with E-state index in [0.29, 0.717) is 12.5 Å². The Morgan fingerprint density at radius 3 is 3.12 bits per heavy atom. The molecule has 1 aromatic heterocycles. The molecule has 17 heavy (non-hydrogen) atoms. The first-order valence-electron chi connectivity index (χ1n) is 6.15. The zero-order valence-corrected chi connectivity index (χ0v) is 10.4. The van der Waals surface area contributed by atoms with Crippen LogP contribution in [0.5, 0.6) is 0 Å². The molecule has 0 radical (unpaired) electrons. The molecule has 1 saturated heterocycles. The smallest absolute Gasteiger partial charge is 0.0945 e. The highest BCUT2D eigenvalue weighted by atomic mass is 16.5. The number of nitrogens with zero attached hydrogens (tertiary/aromatic N) is 3. The maximum Gasteiger partial charge on any atom is 0.0945 e. The number of hydrogen-bond acceptors (Lipinski definition) is 4. The summed E-state index contributed by atoms with van der Waals surface area (Å²) in [5.74, 6) is 0.606. The highest BCUT2D eigenvalue weighted by Gasteiger charge is 2.19. The molecule has 1 aromatic rings. The topological polar surface area (TPSA) is 50.5 Å². The molecule has 1 N–H and O–H groups in total. The van der Waals surface area contributed by atoms with Crippen molar-refractivity contribution in [3.8, 4) is 0 Å². The van der Waals surface area contributed by atoms with E-state index in [9.17, 15) is 0 Å². The molecule has 1 aliphatic heterocycles. The highest BCUT2D eigenvalue weighted by Crippen LogP contribution is 2.15. The van der Waals surface area contributed by atoms with Gasteiger partial charge in [-0.15, -0.1) is 0 Å². The van der Waals surface area contributed by atoms with Gasteiger partial charge in [-0.25, -0.2) is 4.98 Å². The van der Waals surface area contributed by atoms with Crippen LogP contribution in [0.3, 0.4) is 0 Å². The minimum atomic E-state index is 0.200. The van der Waals surface area contributed by atoms with Crippen molar-refractivity contribution in [2.45, 2.75) is 13.0 Å². The quantitative estimate of drug-likeness (QED) is 0.773. The lowest BCUT2D eigenvalue weighted by atomic mass is 10.1. The Balaban J connectivity index is 1.89. The number of aryl methyl sites for hydroxylation is 1. The van der Waals surface area contributed by atoms with Crippen molar-refractivity contribution < 1.29 is 9.84 Å². The third-order valence-corrected chi connectivity index (χ3v) is 3.26. The number of hydrogen-bond donors (Lipinski definition) is 1. The molecule has 0 spiro atoms. The summed E-state index contributed by atoms with van der Waals surface area (Å²) in [5, 5.41) is 9.11. The fraction of sp³-hybridized carbons (Fsp3) is 0.750. The monoisotopic (exact) mass is 239 g/mol. The zero-order chi connectivity index (χ0) is 12.1. The Bertz CT molecular complexity index is 334. The van der Waals surface area contributed by atoms with Crippen LogP contribution in [0.2, 0.25) is 0 Å². The second-order valence-corrected chi connectivity index (χ2v) is 4.68. The second kappa shape index (κ2) is 6.14. The molecule has 5 nitrogen and oxygen atoms in total. The summed E-state index contributed by atoms with van der Waals surface area (Å²) in [6.07, 6.45) is 4.83. The molecule has 0 bridgehead atoms. The van der Waals surface area contributed by atoms with Gasteiger partial charge in [-0.2, -0.15) is 0 Å². The Hall–Kier alpha value is -0.910. The van der Waals surface area contributed by atoms with Gasteiger partial charge in [0.2, 0.25) is 0 Å². The SMILES string of the molecule is Cn1cncc1CN(CCO)CC1CCOC1. The van der Waals surface area contributed by atoms with Crippen LogP contribution in [0.15, 0.2) is 12.5 Å². The maximum absolute atomic E-state index is 9.11. The van der Waals surface area contributed by atoms with Crippen LogP contribution in [0.4, 0.5) is 0 Å². The predicted molar refractivity (Wildman–Crippen MR) is 64.5 cm³/mol. The van der Waals surface area contributed by atoms with E-state index in [1.54, 1.807) is 0 Å². The summed E-state index contributed by atoms with van der Waals surface area (Å²) in [4.78, 5) is 6.39. The standard InChI is InChI=1S/C12H21N3O2/c1-14-10-13-6-12(14)8-15(3-4-16)7-11-2-5-17-9-11/h6,10-11,16H,2-5,7-9H2,1H3. The van der Waals surface area contributed by atoms with E-state index < -0.39 is 0 Å². The first-order valence-corrected chi connectivity index (χ1v) is 6.15. The average molecular weight is 239 g/mol. The van der Waals surface area contributed by atoms with E-state index in [1.807, 2.05) is 24.1 Å². The van der Waals surface area contributed by atoms with Crippen molar-refractivity contribution in [3.05, 3.63) is 18.2 Å². The number of aromatic nitrogens is 2. The van der Waals surface area contributed by atoms with E-state index in [1.165, 1.54) is 5.69 Å². The number of aliphatic hydroxyl groups is 1. The Labute approximate surface area is 102 Å². The molecular formula is C12H21N3O2. The highest BCUT2D eigenvalue weighted by molar-refractivity contribution is 4.97. The van der Waals surface area contributed by atoms with Crippen LogP contribution in [0.1, 0.15) is 12.1 Å². The van der Waals surface area contributed by atoms with E-state index in [0.717, 1.165) is 32.7 Å². The Kier molecular flexibility index (Phi) is 4.53. The van der Waals surface area contributed by atoms with Crippen molar-refractivity contribution in [2.24, 2.45) is 13.0 Å². The molecule has 2 rings (SSSR count). The lowest BCUT2D eigenvalue weighted by molar-refractivity contribution is 0.145. The summed E-state index contributed by atoms with van der Waals surface area (Å²) in [7, 11) is 2.00. The first kappa shape index (κ1) is 12.5. The van der Waals surface area contributed by atoms with Crippen LogP contribution in [-0.4, -0.2) is 52.5 Å². The number of imidazole rings is 1. The number of rotatable bonds is 6. The Morgan fingerprint density at radius 1 is 1.65 bits per heavy atom. The van der Waals surface area contributed by atoms with Crippen LogP contribution in [-0.2, 0) is 18.3 Å². The lowest BCUT2D eigenvalue weighted by Crippen LogP contribution is -2.32. The molecule has 96 valence electrons. The molecule has 1 unspecified atom stereocenters. The Morgan fingerprint density at radius 2 is 2.53 bits per heavy atom. The largest absolute Gasteiger partial charge is 0.395 e. The van der Waals surface area contributed by atoms with Gasteiger partial charge >= 0.3 is 0 Å². The van der Waals surface area contributed by atoms with Crippen LogP contribution in [0, 0.1) is 5.92 Å². The fourth-order valence-electron chi connectivity index (χ4n) is 2.23. The molecule has 5 heteroatoms. The molecule has 0 aliphatic carbocycles. The minimum absolute atomic E-state index is 0.200. The first-order chi connectivity index (χ1) is 8.29. The number of ether oxygens (including phenoxy) is 1. The molecule has 1 atom stereocenters. The van der Waals surface area contributed by atoms with Gasteiger partial charge in [0.1, 0.15) is 0 Å². The summed E-state index contributed by atoms with van der Waals surface area (Å²) in [6.45, 7) is 4.48. The minimum Gasteiger partial charge on any atom is -0.395 e. The van der Waals surface area contributed by atoms with Crippen LogP contribution < -0.4 is 0 Å². The van der Waals surface area contributed by atoms with Crippen molar-refractivity contribution in [1.29, 1.82) is 0 Å². The molecule has 2 heterocycles. The molecular weight excluding hydrogens is 218 g/mol. The number of aliphatic hydroxyl groups excluding tert-OH is 1. The van der Waals surface area contributed by atoms with Gasteiger partial charge in [-0.05, 0) is 12.3 Å². The van der Waals surface area contributed by atoms with Gasteiger partial charge in [0.05, 0.1) is 25.2 Å². The van der Waals surface area contributed by atoms with Gasteiger partial charge in [0.25, 0.3) is 0 Å². The third kappa shape index (κ3) is 3.52. The normalized spacial score (nSPS) is 20.3. The average Bonchev–Trinajstić information content (AvgIpc) is 2.92. The molecule has 0 saturated carbocycles.